The van der Waals surface area contributed by atoms with Crippen molar-refractivity contribution in [3.63, 3.8) is 0 Å². The summed E-state index contributed by atoms with van der Waals surface area (Å²) in [6.45, 7) is 1.59. The molecule has 3 heteroatoms. The van der Waals surface area contributed by atoms with Gasteiger partial charge in [-0.25, -0.2) is 0 Å². The molecule has 84 valence electrons. The van der Waals surface area contributed by atoms with E-state index in [1.807, 2.05) is 0 Å². The van der Waals surface area contributed by atoms with E-state index in [2.05, 4.69) is 0 Å². The lowest BCUT2D eigenvalue weighted by Crippen LogP contribution is -2.48. The zero-order valence-electron chi connectivity index (χ0n) is 8.95. The van der Waals surface area contributed by atoms with Crippen LogP contribution in [0.25, 0.3) is 0 Å². The molecule has 4 fully saturated rings. The van der Waals surface area contributed by atoms with Gasteiger partial charge in [-0.05, 0) is 49.9 Å². The predicted octanol–water partition coefficient (Wildman–Crippen LogP) is 1.91. The minimum atomic E-state index is -0.552. The van der Waals surface area contributed by atoms with Crippen LogP contribution in [-0.4, -0.2) is 24.3 Å². The monoisotopic (exact) mass is 210 g/mol. The molecule has 2 saturated carbocycles. The Morgan fingerprint density at radius 3 is 2.13 bits per heavy atom. The lowest BCUT2D eigenvalue weighted by Gasteiger charge is -2.50. The Bertz CT molecular complexity index is 271. The van der Waals surface area contributed by atoms with Crippen LogP contribution < -0.4 is 0 Å². The van der Waals surface area contributed by atoms with Gasteiger partial charge in [0.05, 0.1) is 5.41 Å². The molecule has 3 nitrogen and oxygen atoms in total. The fourth-order valence-electron chi connectivity index (χ4n) is 4.20. The van der Waals surface area contributed by atoms with Gasteiger partial charge < -0.3 is 9.84 Å². The van der Waals surface area contributed by atoms with Gasteiger partial charge in [0, 0.05) is 13.2 Å². The van der Waals surface area contributed by atoms with Crippen molar-refractivity contribution in [2.75, 3.05) is 13.2 Å². The number of hydrogen-bond donors (Lipinski definition) is 1. The fraction of sp³-hybridized carbons (Fsp3) is 0.917. The number of fused-ring (bicyclic) bond motifs is 2. The summed E-state index contributed by atoms with van der Waals surface area (Å²) in [4.78, 5) is 11.5. The highest BCUT2D eigenvalue weighted by Gasteiger charge is 2.51. The summed E-state index contributed by atoms with van der Waals surface area (Å²) in [5.41, 5.74) is -0.389. The van der Waals surface area contributed by atoms with E-state index in [4.69, 9.17) is 4.74 Å². The van der Waals surface area contributed by atoms with E-state index in [1.165, 1.54) is 12.8 Å². The first kappa shape index (κ1) is 9.64. The Balaban J connectivity index is 1.94. The SMILES string of the molecule is O=C(O)C12CC3COCC(CC(C3)C1)C2. The van der Waals surface area contributed by atoms with Gasteiger partial charge in [-0.3, -0.25) is 4.79 Å². The lowest BCUT2D eigenvalue weighted by atomic mass is 9.56. The van der Waals surface area contributed by atoms with Crippen molar-refractivity contribution >= 4 is 5.97 Å². The summed E-state index contributed by atoms with van der Waals surface area (Å²) in [7, 11) is 0. The average molecular weight is 210 g/mol. The second kappa shape index (κ2) is 3.21. The molecular formula is C12H18O3. The summed E-state index contributed by atoms with van der Waals surface area (Å²) in [5, 5.41) is 9.45. The third-order valence-corrected chi connectivity index (χ3v) is 4.53. The van der Waals surface area contributed by atoms with E-state index in [9.17, 15) is 9.90 Å². The number of carboxylic acids is 1. The summed E-state index contributed by atoms with van der Waals surface area (Å²) < 4.78 is 5.64. The second-order valence-corrected chi connectivity index (χ2v) is 5.80. The molecule has 2 atom stereocenters. The van der Waals surface area contributed by atoms with Gasteiger partial charge in [-0.1, -0.05) is 0 Å². The summed E-state index contributed by atoms with van der Waals surface area (Å²) >= 11 is 0. The van der Waals surface area contributed by atoms with Crippen molar-refractivity contribution in [2.45, 2.75) is 32.1 Å². The van der Waals surface area contributed by atoms with Gasteiger partial charge in [-0.15, -0.1) is 0 Å². The fourth-order valence-corrected chi connectivity index (χ4v) is 4.20. The maximum Gasteiger partial charge on any atom is 0.309 e. The number of aliphatic carboxylic acids is 1. The maximum atomic E-state index is 11.5. The number of carbonyl (C=O) groups is 1. The average Bonchev–Trinajstić information content (AvgIpc) is 2.13. The minimum Gasteiger partial charge on any atom is -0.481 e. The van der Waals surface area contributed by atoms with E-state index < -0.39 is 5.97 Å². The van der Waals surface area contributed by atoms with Crippen LogP contribution in [0.1, 0.15) is 32.1 Å². The number of carboxylic acid groups (broad SMARTS) is 1. The molecule has 2 unspecified atom stereocenters. The molecule has 2 saturated heterocycles. The van der Waals surface area contributed by atoms with E-state index in [1.54, 1.807) is 0 Å². The highest BCUT2D eigenvalue weighted by atomic mass is 16.5. The number of ether oxygens (including phenoxy) is 1. The van der Waals surface area contributed by atoms with E-state index in [0.717, 1.165) is 32.5 Å². The highest BCUT2D eigenvalue weighted by molar-refractivity contribution is 5.75. The van der Waals surface area contributed by atoms with Crippen molar-refractivity contribution in [1.82, 2.24) is 0 Å². The second-order valence-electron chi connectivity index (χ2n) is 5.80. The number of rotatable bonds is 1. The minimum absolute atomic E-state index is 0.389. The Kier molecular flexibility index (Phi) is 2.06. The van der Waals surface area contributed by atoms with E-state index in [-0.39, 0.29) is 5.41 Å². The Morgan fingerprint density at radius 2 is 1.60 bits per heavy atom. The molecule has 0 amide bonds. The zero-order chi connectivity index (χ0) is 10.5. The van der Waals surface area contributed by atoms with Crippen LogP contribution >= 0.6 is 0 Å². The van der Waals surface area contributed by atoms with Crippen molar-refractivity contribution in [3.8, 4) is 0 Å². The van der Waals surface area contributed by atoms with E-state index in [0.29, 0.717) is 17.8 Å². The van der Waals surface area contributed by atoms with Crippen molar-refractivity contribution in [2.24, 2.45) is 23.2 Å². The maximum absolute atomic E-state index is 11.5. The van der Waals surface area contributed by atoms with Gasteiger partial charge in [0.25, 0.3) is 0 Å². The standard InChI is InChI=1S/C12H18O3/c13-11(14)12-3-8-1-9(4-12)6-15-7-10(2-8)5-12/h8-10H,1-7H2,(H,13,14). The van der Waals surface area contributed by atoms with Crippen LogP contribution in [0.5, 0.6) is 0 Å². The molecule has 2 aliphatic carbocycles. The van der Waals surface area contributed by atoms with Gasteiger partial charge in [0.15, 0.2) is 0 Å². The molecule has 0 spiro atoms. The Morgan fingerprint density at radius 1 is 1.07 bits per heavy atom. The molecule has 1 N–H and O–H groups in total. The molecule has 15 heavy (non-hydrogen) atoms. The topological polar surface area (TPSA) is 46.5 Å². The first-order valence-corrected chi connectivity index (χ1v) is 5.99. The first-order chi connectivity index (χ1) is 7.18. The molecule has 0 aromatic carbocycles. The molecular weight excluding hydrogens is 192 g/mol. The predicted molar refractivity (Wildman–Crippen MR) is 54.4 cm³/mol. The van der Waals surface area contributed by atoms with Crippen molar-refractivity contribution in [3.05, 3.63) is 0 Å². The normalized spacial score (nSPS) is 48.7. The smallest absolute Gasteiger partial charge is 0.309 e. The van der Waals surface area contributed by atoms with Crippen LogP contribution in [0.15, 0.2) is 0 Å². The third kappa shape index (κ3) is 1.48. The Labute approximate surface area is 89.8 Å². The van der Waals surface area contributed by atoms with Gasteiger partial charge in [0.2, 0.25) is 0 Å². The van der Waals surface area contributed by atoms with Crippen LogP contribution in [-0.2, 0) is 9.53 Å². The molecule has 4 rings (SSSR count). The third-order valence-electron chi connectivity index (χ3n) is 4.53. The van der Waals surface area contributed by atoms with E-state index >= 15 is 0 Å². The zero-order valence-corrected chi connectivity index (χ0v) is 8.95. The van der Waals surface area contributed by atoms with Crippen molar-refractivity contribution < 1.29 is 14.6 Å². The first-order valence-electron chi connectivity index (χ1n) is 5.99. The lowest BCUT2D eigenvalue weighted by molar-refractivity contribution is -0.164. The van der Waals surface area contributed by atoms with Crippen LogP contribution in [0.3, 0.4) is 0 Å². The van der Waals surface area contributed by atoms with Crippen LogP contribution in [0, 0.1) is 23.2 Å². The van der Waals surface area contributed by atoms with Crippen LogP contribution in [0.4, 0.5) is 0 Å². The molecule has 0 radical (unpaired) electrons. The van der Waals surface area contributed by atoms with Gasteiger partial charge in [0.1, 0.15) is 0 Å². The molecule has 0 aromatic rings. The summed E-state index contributed by atoms with van der Waals surface area (Å²) in [6, 6.07) is 0. The molecule has 4 bridgehead atoms. The molecule has 4 aliphatic rings. The van der Waals surface area contributed by atoms with Crippen molar-refractivity contribution in [1.29, 1.82) is 0 Å². The van der Waals surface area contributed by atoms with Crippen LogP contribution in [0.2, 0.25) is 0 Å². The number of hydrogen-bond acceptors (Lipinski definition) is 2. The summed E-state index contributed by atoms with van der Waals surface area (Å²) in [6.07, 6.45) is 5.04. The molecule has 0 aromatic heterocycles. The van der Waals surface area contributed by atoms with Gasteiger partial charge in [-0.2, -0.15) is 0 Å². The molecule has 2 heterocycles. The largest absolute Gasteiger partial charge is 0.481 e. The molecule has 2 aliphatic heterocycles. The Hall–Kier alpha value is -0.570. The van der Waals surface area contributed by atoms with Gasteiger partial charge >= 0.3 is 5.97 Å². The highest BCUT2D eigenvalue weighted by Crippen LogP contribution is 2.54. The quantitative estimate of drug-likeness (QED) is 0.719. The summed E-state index contributed by atoms with van der Waals surface area (Å²) in [5.74, 6) is 1.11.